The predicted molar refractivity (Wildman–Crippen MR) is 100 cm³/mol. The average molecular weight is 376 g/mol. The molecule has 0 bridgehead atoms. The van der Waals surface area contributed by atoms with Crippen molar-refractivity contribution in [1.82, 2.24) is 15.5 Å². The highest BCUT2D eigenvalue weighted by atomic mass is 35.5. The third-order valence-corrected chi connectivity index (χ3v) is 5.76. The lowest BCUT2D eigenvalue weighted by atomic mass is 9.79. The Bertz CT molecular complexity index is 393. The summed E-state index contributed by atoms with van der Waals surface area (Å²) in [5.41, 5.74) is 0.145. The van der Waals surface area contributed by atoms with Gasteiger partial charge in [-0.2, -0.15) is 0 Å². The molecule has 0 spiro atoms. The van der Waals surface area contributed by atoms with Gasteiger partial charge in [-0.15, -0.1) is 12.4 Å². The Morgan fingerprint density at radius 1 is 1.08 bits per heavy atom. The molecule has 0 aromatic heterocycles. The number of halogens is 1. The fraction of sp³-hybridized carbons (Fsp3) is 0.944. The van der Waals surface area contributed by atoms with Crippen molar-refractivity contribution in [1.29, 1.82) is 0 Å². The molecule has 6 nitrogen and oxygen atoms in total. The minimum absolute atomic E-state index is 0. The van der Waals surface area contributed by atoms with Crippen molar-refractivity contribution >= 4 is 18.3 Å². The number of morpholine rings is 1. The van der Waals surface area contributed by atoms with Crippen molar-refractivity contribution in [3.8, 4) is 0 Å². The summed E-state index contributed by atoms with van der Waals surface area (Å²) in [6, 6.07) is 0. The lowest BCUT2D eigenvalue weighted by Crippen LogP contribution is -2.60. The molecule has 7 heteroatoms. The third-order valence-electron chi connectivity index (χ3n) is 5.76. The van der Waals surface area contributed by atoms with E-state index in [2.05, 4.69) is 15.5 Å². The van der Waals surface area contributed by atoms with E-state index in [1.54, 1.807) is 0 Å². The van der Waals surface area contributed by atoms with Crippen LogP contribution in [0.5, 0.6) is 0 Å². The highest BCUT2D eigenvalue weighted by Crippen LogP contribution is 2.33. The average Bonchev–Trinajstić information content (AvgIpc) is 3.15. The van der Waals surface area contributed by atoms with Gasteiger partial charge in [-0.25, -0.2) is 0 Å². The number of hydrogen-bond acceptors (Lipinski definition) is 5. The van der Waals surface area contributed by atoms with Gasteiger partial charge in [0.1, 0.15) is 0 Å². The van der Waals surface area contributed by atoms with Crippen LogP contribution in [0.25, 0.3) is 0 Å². The molecule has 1 aliphatic carbocycles. The molecule has 2 N–H and O–H groups in total. The number of rotatable bonds is 7. The molecule has 1 unspecified atom stereocenters. The predicted octanol–water partition coefficient (Wildman–Crippen LogP) is 1.33. The van der Waals surface area contributed by atoms with Gasteiger partial charge in [0.2, 0.25) is 5.91 Å². The largest absolute Gasteiger partial charge is 0.379 e. The molecule has 1 atom stereocenters. The van der Waals surface area contributed by atoms with E-state index in [0.29, 0.717) is 6.54 Å². The molecule has 25 heavy (non-hydrogen) atoms. The second kappa shape index (κ2) is 10.7. The Morgan fingerprint density at radius 3 is 2.52 bits per heavy atom. The quantitative estimate of drug-likeness (QED) is 0.702. The maximum absolute atomic E-state index is 12.2. The van der Waals surface area contributed by atoms with Crippen LogP contribution >= 0.6 is 12.4 Å². The van der Waals surface area contributed by atoms with Gasteiger partial charge in [-0.3, -0.25) is 9.69 Å². The number of nitrogens with one attached hydrogen (secondary N) is 2. The van der Waals surface area contributed by atoms with Gasteiger partial charge in [0.25, 0.3) is 0 Å². The Kier molecular flexibility index (Phi) is 8.93. The Labute approximate surface area is 157 Å². The summed E-state index contributed by atoms with van der Waals surface area (Å²) in [5, 5.41) is 6.43. The number of amides is 1. The van der Waals surface area contributed by atoms with E-state index < -0.39 is 0 Å². The van der Waals surface area contributed by atoms with E-state index >= 15 is 0 Å². The SMILES string of the molecule is Cl.O=C(CNCC1CCCO1)NCC1(N2CCOCC2)CCCCC1. The van der Waals surface area contributed by atoms with Crippen molar-refractivity contribution in [3.63, 3.8) is 0 Å². The molecule has 1 amide bonds. The summed E-state index contributed by atoms with van der Waals surface area (Å²) in [4.78, 5) is 14.8. The maximum Gasteiger partial charge on any atom is 0.234 e. The first-order chi connectivity index (χ1) is 11.8. The van der Waals surface area contributed by atoms with E-state index in [4.69, 9.17) is 9.47 Å². The fourth-order valence-corrected chi connectivity index (χ4v) is 4.33. The van der Waals surface area contributed by atoms with E-state index in [1.165, 1.54) is 32.1 Å². The fourth-order valence-electron chi connectivity index (χ4n) is 4.33. The van der Waals surface area contributed by atoms with Crippen molar-refractivity contribution in [2.75, 3.05) is 52.5 Å². The molecule has 2 saturated heterocycles. The molecule has 0 radical (unpaired) electrons. The van der Waals surface area contributed by atoms with Crippen LogP contribution in [0.3, 0.4) is 0 Å². The number of carbonyl (C=O) groups excluding carboxylic acids is 1. The van der Waals surface area contributed by atoms with Gasteiger partial charge in [0.05, 0.1) is 25.9 Å². The van der Waals surface area contributed by atoms with Gasteiger partial charge in [-0.1, -0.05) is 19.3 Å². The van der Waals surface area contributed by atoms with Crippen LogP contribution < -0.4 is 10.6 Å². The Hall–Kier alpha value is -0.400. The molecular formula is C18H34ClN3O3. The molecule has 3 rings (SSSR count). The summed E-state index contributed by atoms with van der Waals surface area (Å²) in [5.74, 6) is 0.103. The lowest BCUT2D eigenvalue weighted by molar-refractivity contribution is -0.121. The molecule has 146 valence electrons. The standard InChI is InChI=1S/C18H33N3O3.ClH/c22-17(14-19-13-16-5-4-10-24-16)20-15-18(6-2-1-3-7-18)21-8-11-23-12-9-21;/h16,19H,1-15H2,(H,20,22);1H. The minimum Gasteiger partial charge on any atom is -0.379 e. The number of carbonyl (C=O) groups is 1. The Balaban J connectivity index is 0.00000225. The summed E-state index contributed by atoms with van der Waals surface area (Å²) >= 11 is 0. The van der Waals surface area contributed by atoms with Crippen molar-refractivity contribution in [2.24, 2.45) is 0 Å². The van der Waals surface area contributed by atoms with Crippen LogP contribution in [0.1, 0.15) is 44.9 Å². The van der Waals surface area contributed by atoms with Crippen LogP contribution in [0.4, 0.5) is 0 Å². The zero-order valence-electron chi connectivity index (χ0n) is 15.3. The third kappa shape index (κ3) is 6.07. The summed E-state index contributed by atoms with van der Waals surface area (Å²) in [6.07, 6.45) is 8.77. The van der Waals surface area contributed by atoms with Gasteiger partial charge >= 0.3 is 0 Å². The first-order valence-corrected chi connectivity index (χ1v) is 9.70. The summed E-state index contributed by atoms with van der Waals surface area (Å²) < 4.78 is 11.1. The molecule has 0 aromatic rings. The first kappa shape index (κ1) is 20.9. The molecular weight excluding hydrogens is 342 g/mol. The Morgan fingerprint density at radius 2 is 1.84 bits per heavy atom. The topological polar surface area (TPSA) is 62.8 Å². The van der Waals surface area contributed by atoms with E-state index in [0.717, 1.165) is 58.8 Å². The second-order valence-electron chi connectivity index (χ2n) is 7.43. The monoisotopic (exact) mass is 375 g/mol. The normalized spacial score (nSPS) is 26.8. The van der Waals surface area contributed by atoms with Gasteiger partial charge < -0.3 is 20.1 Å². The molecule has 3 fully saturated rings. The lowest BCUT2D eigenvalue weighted by Gasteiger charge is -2.48. The smallest absolute Gasteiger partial charge is 0.234 e. The van der Waals surface area contributed by atoms with Crippen LogP contribution in [-0.4, -0.2) is 75.0 Å². The van der Waals surface area contributed by atoms with Crippen LogP contribution in [0, 0.1) is 0 Å². The van der Waals surface area contributed by atoms with E-state index in [1.807, 2.05) is 0 Å². The maximum atomic E-state index is 12.2. The first-order valence-electron chi connectivity index (χ1n) is 9.70. The van der Waals surface area contributed by atoms with Gasteiger partial charge in [0.15, 0.2) is 0 Å². The molecule has 2 aliphatic heterocycles. The number of ether oxygens (including phenoxy) is 2. The number of hydrogen-bond donors (Lipinski definition) is 2. The zero-order valence-corrected chi connectivity index (χ0v) is 16.1. The molecule has 3 aliphatic rings. The minimum atomic E-state index is 0. The van der Waals surface area contributed by atoms with Crippen molar-refractivity contribution in [3.05, 3.63) is 0 Å². The van der Waals surface area contributed by atoms with E-state index in [9.17, 15) is 4.79 Å². The zero-order chi connectivity index (χ0) is 16.7. The highest BCUT2D eigenvalue weighted by Gasteiger charge is 2.38. The number of nitrogens with zero attached hydrogens (tertiary/aromatic N) is 1. The van der Waals surface area contributed by atoms with Crippen LogP contribution in [0.2, 0.25) is 0 Å². The second-order valence-corrected chi connectivity index (χ2v) is 7.43. The summed E-state index contributed by atoms with van der Waals surface area (Å²) in [6.45, 7) is 6.42. The molecule has 1 saturated carbocycles. The van der Waals surface area contributed by atoms with E-state index in [-0.39, 0.29) is 30.0 Å². The van der Waals surface area contributed by atoms with Crippen LogP contribution in [-0.2, 0) is 14.3 Å². The van der Waals surface area contributed by atoms with Gasteiger partial charge in [-0.05, 0) is 25.7 Å². The highest BCUT2D eigenvalue weighted by molar-refractivity contribution is 5.85. The van der Waals surface area contributed by atoms with Crippen molar-refractivity contribution in [2.45, 2.75) is 56.6 Å². The van der Waals surface area contributed by atoms with Crippen molar-refractivity contribution < 1.29 is 14.3 Å². The summed E-state index contributed by atoms with van der Waals surface area (Å²) in [7, 11) is 0. The molecule has 2 heterocycles. The molecule has 0 aromatic carbocycles. The van der Waals surface area contributed by atoms with Gasteiger partial charge in [0, 0.05) is 38.3 Å². The van der Waals surface area contributed by atoms with Crippen LogP contribution in [0.15, 0.2) is 0 Å².